The molecule has 0 aliphatic carbocycles. The largest absolute Gasteiger partial charge is 0.508 e. The molecule has 3 aromatic rings. The highest BCUT2D eigenvalue weighted by molar-refractivity contribution is 7.12. The number of phenolic OH excluding ortho intramolecular Hbond substituents is 1. The van der Waals surface area contributed by atoms with E-state index < -0.39 is 0 Å². The van der Waals surface area contributed by atoms with E-state index in [1.54, 1.807) is 31.2 Å². The predicted octanol–water partition coefficient (Wildman–Crippen LogP) is 2.72. The molecule has 0 fully saturated rings. The van der Waals surface area contributed by atoms with Crippen molar-refractivity contribution in [2.75, 3.05) is 0 Å². The summed E-state index contributed by atoms with van der Waals surface area (Å²) in [5, 5.41) is 25.8. The molecular weight excluding hydrogens is 262 g/mol. The van der Waals surface area contributed by atoms with Gasteiger partial charge >= 0.3 is 0 Å². The second kappa shape index (κ2) is 4.40. The number of aromatic nitrogens is 3. The molecule has 19 heavy (non-hydrogen) atoms. The Morgan fingerprint density at radius 3 is 2.74 bits per heavy atom. The van der Waals surface area contributed by atoms with E-state index in [0.717, 1.165) is 17.0 Å². The van der Waals surface area contributed by atoms with Crippen molar-refractivity contribution in [1.82, 2.24) is 14.8 Å². The second-order valence-electron chi connectivity index (χ2n) is 4.12. The van der Waals surface area contributed by atoms with Crippen LogP contribution in [0, 0.1) is 6.92 Å². The van der Waals surface area contributed by atoms with Crippen LogP contribution >= 0.6 is 11.3 Å². The van der Waals surface area contributed by atoms with Crippen molar-refractivity contribution in [1.29, 1.82) is 0 Å². The minimum atomic E-state index is 0.0642. The van der Waals surface area contributed by atoms with E-state index in [-0.39, 0.29) is 11.6 Å². The van der Waals surface area contributed by atoms with Crippen molar-refractivity contribution < 1.29 is 10.2 Å². The Labute approximate surface area is 113 Å². The molecule has 6 heteroatoms. The molecule has 0 unspecified atom stereocenters. The van der Waals surface area contributed by atoms with E-state index in [9.17, 15) is 10.2 Å². The molecule has 0 aliphatic rings. The first-order valence-electron chi connectivity index (χ1n) is 5.64. The molecule has 5 nitrogen and oxygen atoms in total. The van der Waals surface area contributed by atoms with Crippen LogP contribution in [-0.2, 0) is 0 Å². The van der Waals surface area contributed by atoms with Crippen LogP contribution in [-0.4, -0.2) is 25.0 Å². The molecule has 3 rings (SSSR count). The summed E-state index contributed by atoms with van der Waals surface area (Å²) >= 11 is 1.38. The van der Waals surface area contributed by atoms with Gasteiger partial charge in [-0.2, -0.15) is 9.78 Å². The van der Waals surface area contributed by atoms with Crippen LogP contribution in [0.1, 0.15) is 5.69 Å². The highest BCUT2D eigenvalue weighted by Gasteiger charge is 2.11. The predicted molar refractivity (Wildman–Crippen MR) is 72.7 cm³/mol. The average Bonchev–Trinajstić information content (AvgIpc) is 2.96. The molecule has 0 atom stereocenters. The van der Waals surface area contributed by atoms with Crippen molar-refractivity contribution in [2.24, 2.45) is 0 Å². The third kappa shape index (κ3) is 2.17. The first kappa shape index (κ1) is 11.7. The zero-order valence-corrected chi connectivity index (χ0v) is 10.9. The lowest BCUT2D eigenvalue weighted by atomic mass is 10.2. The summed E-state index contributed by atoms with van der Waals surface area (Å²) in [6, 6.07) is 8.47. The second-order valence-corrected chi connectivity index (χ2v) is 4.96. The van der Waals surface area contributed by atoms with Gasteiger partial charge in [0.15, 0.2) is 0 Å². The minimum Gasteiger partial charge on any atom is -0.508 e. The third-order valence-electron chi connectivity index (χ3n) is 2.63. The Balaban J connectivity index is 2.02. The maximum atomic E-state index is 9.74. The van der Waals surface area contributed by atoms with Crippen LogP contribution in [0.2, 0.25) is 0 Å². The van der Waals surface area contributed by atoms with Crippen LogP contribution in [0.25, 0.3) is 16.4 Å². The summed E-state index contributed by atoms with van der Waals surface area (Å²) in [6.45, 7) is 1.81. The van der Waals surface area contributed by atoms with E-state index in [1.807, 2.05) is 11.4 Å². The number of aryl methyl sites for hydroxylation is 1. The maximum absolute atomic E-state index is 9.74. The molecule has 0 saturated heterocycles. The molecular formula is C13H11N3O2S. The molecule has 96 valence electrons. The van der Waals surface area contributed by atoms with Gasteiger partial charge in [-0.15, -0.1) is 11.3 Å². The molecule has 1 aromatic carbocycles. The van der Waals surface area contributed by atoms with Gasteiger partial charge in [-0.25, -0.2) is 4.98 Å². The van der Waals surface area contributed by atoms with E-state index >= 15 is 0 Å². The normalized spacial score (nSPS) is 10.8. The van der Waals surface area contributed by atoms with Crippen molar-refractivity contribution in [2.45, 2.75) is 6.92 Å². The number of hydrogen-bond acceptors (Lipinski definition) is 5. The van der Waals surface area contributed by atoms with E-state index in [2.05, 4.69) is 10.1 Å². The smallest absolute Gasteiger partial charge is 0.216 e. The summed E-state index contributed by atoms with van der Waals surface area (Å²) in [7, 11) is 0. The van der Waals surface area contributed by atoms with Gasteiger partial charge in [-0.3, -0.25) is 0 Å². The third-order valence-corrected chi connectivity index (χ3v) is 3.44. The van der Waals surface area contributed by atoms with Crippen molar-refractivity contribution in [3.05, 3.63) is 41.4 Å². The SMILES string of the molecule is Cc1cc(O)n(-c2nc(-c3cccc(O)c3)cs2)n1. The lowest BCUT2D eigenvalue weighted by Gasteiger charge is -1.98. The number of phenols is 1. The van der Waals surface area contributed by atoms with Crippen LogP contribution in [0.5, 0.6) is 11.6 Å². The highest BCUT2D eigenvalue weighted by atomic mass is 32.1. The van der Waals surface area contributed by atoms with Crippen molar-refractivity contribution in [3.8, 4) is 28.0 Å². The number of nitrogens with zero attached hydrogens (tertiary/aromatic N) is 3. The molecule has 2 aromatic heterocycles. The van der Waals surface area contributed by atoms with Crippen LogP contribution in [0.3, 0.4) is 0 Å². The molecule has 0 bridgehead atoms. The first-order chi connectivity index (χ1) is 9.13. The number of aromatic hydroxyl groups is 2. The van der Waals surface area contributed by atoms with Crippen LogP contribution in [0.15, 0.2) is 35.7 Å². The number of hydrogen-bond donors (Lipinski definition) is 2. The summed E-state index contributed by atoms with van der Waals surface area (Å²) in [4.78, 5) is 4.41. The standard InChI is InChI=1S/C13H11N3O2S/c1-8-5-12(18)16(15-8)13-14-11(7-19-13)9-3-2-4-10(17)6-9/h2-7,17-18H,1H3. The van der Waals surface area contributed by atoms with Crippen LogP contribution < -0.4 is 0 Å². The Kier molecular flexibility index (Phi) is 2.72. The molecule has 0 amide bonds. The number of benzene rings is 1. The Morgan fingerprint density at radius 2 is 2.05 bits per heavy atom. The lowest BCUT2D eigenvalue weighted by molar-refractivity contribution is 0.433. The van der Waals surface area contributed by atoms with Gasteiger partial charge in [0.25, 0.3) is 0 Å². The fourth-order valence-corrected chi connectivity index (χ4v) is 2.58. The minimum absolute atomic E-state index is 0.0642. The summed E-state index contributed by atoms with van der Waals surface area (Å²) < 4.78 is 1.40. The van der Waals surface area contributed by atoms with E-state index in [0.29, 0.717) is 5.13 Å². The average molecular weight is 273 g/mol. The van der Waals surface area contributed by atoms with Crippen molar-refractivity contribution in [3.63, 3.8) is 0 Å². The van der Waals surface area contributed by atoms with E-state index in [4.69, 9.17) is 0 Å². The maximum Gasteiger partial charge on any atom is 0.216 e. The zero-order chi connectivity index (χ0) is 13.4. The van der Waals surface area contributed by atoms with Gasteiger partial charge in [0, 0.05) is 17.0 Å². The molecule has 0 spiro atoms. The van der Waals surface area contributed by atoms with Gasteiger partial charge in [0.05, 0.1) is 11.4 Å². The molecule has 0 saturated carbocycles. The van der Waals surface area contributed by atoms with Gasteiger partial charge in [-0.05, 0) is 19.1 Å². The lowest BCUT2D eigenvalue weighted by Crippen LogP contribution is -1.95. The fourth-order valence-electron chi connectivity index (χ4n) is 1.79. The Hall–Kier alpha value is -2.34. The molecule has 2 N–H and O–H groups in total. The Bertz CT molecular complexity index is 733. The Morgan fingerprint density at radius 1 is 1.21 bits per heavy atom. The summed E-state index contributed by atoms with van der Waals surface area (Å²) in [6.07, 6.45) is 0. The number of rotatable bonds is 2. The van der Waals surface area contributed by atoms with E-state index in [1.165, 1.54) is 16.0 Å². The van der Waals surface area contributed by atoms with Crippen LogP contribution in [0.4, 0.5) is 0 Å². The summed E-state index contributed by atoms with van der Waals surface area (Å²) in [5.41, 5.74) is 2.29. The zero-order valence-electron chi connectivity index (χ0n) is 10.1. The van der Waals surface area contributed by atoms with Crippen molar-refractivity contribution >= 4 is 11.3 Å². The topological polar surface area (TPSA) is 71.2 Å². The summed E-state index contributed by atoms with van der Waals surface area (Å²) in [5.74, 6) is 0.263. The molecule has 0 radical (unpaired) electrons. The first-order valence-corrected chi connectivity index (χ1v) is 6.52. The highest BCUT2D eigenvalue weighted by Crippen LogP contribution is 2.28. The fraction of sp³-hybridized carbons (Fsp3) is 0.0769. The van der Waals surface area contributed by atoms with Gasteiger partial charge in [-0.1, -0.05) is 12.1 Å². The van der Waals surface area contributed by atoms with Gasteiger partial charge < -0.3 is 10.2 Å². The molecule has 0 aliphatic heterocycles. The monoisotopic (exact) mass is 273 g/mol. The number of thiazole rings is 1. The quantitative estimate of drug-likeness (QED) is 0.753. The van der Waals surface area contributed by atoms with Gasteiger partial charge in [0.2, 0.25) is 11.0 Å². The van der Waals surface area contributed by atoms with Gasteiger partial charge in [0.1, 0.15) is 5.75 Å². The molecule has 2 heterocycles.